The predicted molar refractivity (Wildman–Crippen MR) is 73.0 cm³/mol. The third-order valence-electron chi connectivity index (χ3n) is 3.40. The van der Waals surface area contributed by atoms with Gasteiger partial charge in [0.2, 0.25) is 11.8 Å². The zero-order valence-corrected chi connectivity index (χ0v) is 11.8. The van der Waals surface area contributed by atoms with Gasteiger partial charge in [0.15, 0.2) is 5.82 Å². The molecular weight excluding hydrogens is 278 g/mol. The fraction of sp³-hybridized carbons (Fsp3) is 0.357. The maximum atomic E-state index is 12.1. The van der Waals surface area contributed by atoms with Crippen LogP contribution in [0.15, 0.2) is 28.8 Å². The fourth-order valence-electron chi connectivity index (χ4n) is 2.47. The largest absolute Gasteiger partial charge is 0.337 e. The second-order valence-electron chi connectivity index (χ2n) is 4.89. The molecule has 1 aromatic carbocycles. The molecule has 1 saturated heterocycles. The van der Waals surface area contributed by atoms with Crippen molar-refractivity contribution >= 4 is 17.5 Å². The first kappa shape index (κ1) is 13.1. The molecule has 20 heavy (non-hydrogen) atoms. The molecule has 104 valence electrons. The SMILES string of the molecule is Cc1noc(C2CCC(=O)N2Cc2cccc(Cl)c2)n1. The van der Waals surface area contributed by atoms with Gasteiger partial charge in [0.05, 0.1) is 0 Å². The highest BCUT2D eigenvalue weighted by Gasteiger charge is 2.35. The van der Waals surface area contributed by atoms with Crippen LogP contribution in [-0.4, -0.2) is 20.9 Å². The molecule has 1 atom stereocenters. The van der Waals surface area contributed by atoms with Gasteiger partial charge in [-0.15, -0.1) is 0 Å². The number of hydrogen-bond acceptors (Lipinski definition) is 4. The summed E-state index contributed by atoms with van der Waals surface area (Å²) in [6.45, 7) is 2.27. The molecule has 2 aromatic rings. The molecule has 1 fully saturated rings. The molecule has 0 bridgehead atoms. The van der Waals surface area contributed by atoms with Crippen molar-refractivity contribution in [3.8, 4) is 0 Å². The van der Waals surface area contributed by atoms with E-state index in [1.54, 1.807) is 11.8 Å². The molecule has 0 spiro atoms. The van der Waals surface area contributed by atoms with Crippen LogP contribution in [0.4, 0.5) is 0 Å². The van der Waals surface area contributed by atoms with Crippen molar-refractivity contribution in [1.29, 1.82) is 0 Å². The van der Waals surface area contributed by atoms with Gasteiger partial charge in [-0.2, -0.15) is 4.98 Å². The Morgan fingerprint density at radius 3 is 3.05 bits per heavy atom. The van der Waals surface area contributed by atoms with E-state index in [4.69, 9.17) is 16.1 Å². The average molecular weight is 292 g/mol. The van der Waals surface area contributed by atoms with Gasteiger partial charge in [0.1, 0.15) is 6.04 Å². The smallest absolute Gasteiger partial charge is 0.249 e. The van der Waals surface area contributed by atoms with E-state index in [-0.39, 0.29) is 11.9 Å². The summed E-state index contributed by atoms with van der Waals surface area (Å²) in [6, 6.07) is 7.37. The van der Waals surface area contributed by atoms with Gasteiger partial charge in [-0.3, -0.25) is 4.79 Å². The van der Waals surface area contributed by atoms with E-state index in [2.05, 4.69) is 10.1 Å². The summed E-state index contributed by atoms with van der Waals surface area (Å²) in [5.41, 5.74) is 0.994. The molecule has 1 aliphatic rings. The Morgan fingerprint density at radius 1 is 1.50 bits per heavy atom. The Bertz CT molecular complexity index is 641. The number of carbonyl (C=O) groups is 1. The van der Waals surface area contributed by atoms with E-state index in [1.165, 1.54) is 0 Å². The number of halogens is 1. The molecular formula is C14H14ClN3O2. The fourth-order valence-corrected chi connectivity index (χ4v) is 2.68. The van der Waals surface area contributed by atoms with Crippen molar-refractivity contribution < 1.29 is 9.32 Å². The number of benzene rings is 1. The van der Waals surface area contributed by atoms with Crippen LogP contribution in [-0.2, 0) is 11.3 Å². The van der Waals surface area contributed by atoms with Gasteiger partial charge < -0.3 is 9.42 Å². The summed E-state index contributed by atoms with van der Waals surface area (Å²) in [5.74, 6) is 1.20. The van der Waals surface area contributed by atoms with Crippen molar-refractivity contribution in [3.63, 3.8) is 0 Å². The minimum Gasteiger partial charge on any atom is -0.337 e. The number of rotatable bonds is 3. The van der Waals surface area contributed by atoms with Crippen LogP contribution in [0.25, 0.3) is 0 Å². The summed E-state index contributed by atoms with van der Waals surface area (Å²) in [7, 11) is 0. The number of amides is 1. The van der Waals surface area contributed by atoms with E-state index in [1.807, 2.05) is 24.3 Å². The molecule has 6 heteroatoms. The van der Waals surface area contributed by atoms with E-state index in [0.717, 1.165) is 5.56 Å². The molecule has 1 aliphatic heterocycles. The summed E-state index contributed by atoms with van der Waals surface area (Å²) < 4.78 is 5.21. The molecule has 0 N–H and O–H groups in total. The number of likely N-dealkylation sites (tertiary alicyclic amines) is 1. The van der Waals surface area contributed by atoms with Gasteiger partial charge >= 0.3 is 0 Å². The van der Waals surface area contributed by atoms with Crippen LogP contribution < -0.4 is 0 Å². The first-order valence-electron chi connectivity index (χ1n) is 6.47. The van der Waals surface area contributed by atoms with Gasteiger partial charge in [0.25, 0.3) is 0 Å². The van der Waals surface area contributed by atoms with Crippen LogP contribution in [0.3, 0.4) is 0 Å². The number of aromatic nitrogens is 2. The normalized spacial score (nSPS) is 18.8. The number of nitrogens with zero attached hydrogens (tertiary/aromatic N) is 3. The lowest BCUT2D eigenvalue weighted by molar-refractivity contribution is -0.129. The second-order valence-corrected chi connectivity index (χ2v) is 5.32. The van der Waals surface area contributed by atoms with E-state index < -0.39 is 0 Å². The third-order valence-corrected chi connectivity index (χ3v) is 3.63. The van der Waals surface area contributed by atoms with Crippen LogP contribution in [0.2, 0.25) is 5.02 Å². The first-order valence-corrected chi connectivity index (χ1v) is 6.85. The predicted octanol–water partition coefficient (Wildman–Crippen LogP) is 2.90. The summed E-state index contributed by atoms with van der Waals surface area (Å²) in [4.78, 5) is 18.1. The number of aryl methyl sites for hydroxylation is 1. The lowest BCUT2D eigenvalue weighted by Gasteiger charge is -2.22. The monoisotopic (exact) mass is 291 g/mol. The van der Waals surface area contributed by atoms with E-state index >= 15 is 0 Å². The van der Waals surface area contributed by atoms with Crippen LogP contribution in [0, 0.1) is 6.92 Å². The van der Waals surface area contributed by atoms with Gasteiger partial charge in [0, 0.05) is 18.0 Å². The van der Waals surface area contributed by atoms with Crippen molar-refractivity contribution in [2.45, 2.75) is 32.4 Å². The van der Waals surface area contributed by atoms with Gasteiger partial charge in [-0.05, 0) is 31.0 Å². The lowest BCUT2D eigenvalue weighted by atomic mass is 10.2. The lowest BCUT2D eigenvalue weighted by Crippen LogP contribution is -2.27. The Kier molecular flexibility index (Phi) is 3.44. The minimum atomic E-state index is -0.136. The first-order chi connectivity index (χ1) is 9.63. The number of carbonyl (C=O) groups excluding carboxylic acids is 1. The van der Waals surface area contributed by atoms with Crippen LogP contribution in [0.1, 0.15) is 36.2 Å². The van der Waals surface area contributed by atoms with Crippen molar-refractivity contribution in [1.82, 2.24) is 15.0 Å². The van der Waals surface area contributed by atoms with E-state index in [0.29, 0.717) is 36.1 Å². The Morgan fingerprint density at radius 2 is 2.35 bits per heavy atom. The topological polar surface area (TPSA) is 59.2 Å². The van der Waals surface area contributed by atoms with Crippen LogP contribution in [0.5, 0.6) is 0 Å². The minimum absolute atomic E-state index is 0.103. The highest BCUT2D eigenvalue weighted by Crippen LogP contribution is 2.33. The average Bonchev–Trinajstić information content (AvgIpc) is 2.97. The van der Waals surface area contributed by atoms with Crippen molar-refractivity contribution in [3.05, 3.63) is 46.6 Å². The molecule has 5 nitrogen and oxygen atoms in total. The standard InChI is InChI=1S/C14H14ClN3O2/c1-9-16-14(20-17-9)12-5-6-13(19)18(12)8-10-3-2-4-11(15)7-10/h2-4,7,12H,5-6,8H2,1H3. The molecule has 2 heterocycles. The maximum Gasteiger partial charge on any atom is 0.249 e. The quantitative estimate of drug-likeness (QED) is 0.872. The molecule has 1 aromatic heterocycles. The number of hydrogen-bond donors (Lipinski definition) is 0. The highest BCUT2D eigenvalue weighted by atomic mass is 35.5. The van der Waals surface area contributed by atoms with E-state index in [9.17, 15) is 4.79 Å². The Hall–Kier alpha value is -1.88. The summed E-state index contributed by atoms with van der Waals surface area (Å²) in [5, 5.41) is 4.46. The van der Waals surface area contributed by atoms with Gasteiger partial charge in [-0.25, -0.2) is 0 Å². The Labute approximate surface area is 121 Å². The Balaban J connectivity index is 1.84. The molecule has 1 amide bonds. The molecule has 0 aliphatic carbocycles. The van der Waals surface area contributed by atoms with Crippen molar-refractivity contribution in [2.24, 2.45) is 0 Å². The van der Waals surface area contributed by atoms with Gasteiger partial charge in [-0.1, -0.05) is 28.9 Å². The molecule has 0 radical (unpaired) electrons. The molecule has 3 rings (SSSR count). The zero-order chi connectivity index (χ0) is 14.1. The molecule has 1 unspecified atom stereocenters. The third kappa shape index (κ3) is 2.54. The van der Waals surface area contributed by atoms with Crippen LogP contribution >= 0.6 is 11.6 Å². The highest BCUT2D eigenvalue weighted by molar-refractivity contribution is 6.30. The maximum absolute atomic E-state index is 12.1. The second kappa shape index (κ2) is 5.25. The van der Waals surface area contributed by atoms with Crippen molar-refractivity contribution in [2.75, 3.05) is 0 Å². The summed E-state index contributed by atoms with van der Waals surface area (Å²) in [6.07, 6.45) is 1.22. The molecule has 0 saturated carbocycles. The zero-order valence-electron chi connectivity index (χ0n) is 11.0. The summed E-state index contributed by atoms with van der Waals surface area (Å²) >= 11 is 5.98.